The van der Waals surface area contributed by atoms with Crippen LogP contribution in [0.1, 0.15) is 45.9 Å². The second-order valence-electron chi connectivity index (χ2n) is 9.08. The zero-order chi connectivity index (χ0) is 22.7. The van der Waals surface area contributed by atoms with E-state index in [4.69, 9.17) is 0 Å². The summed E-state index contributed by atoms with van der Waals surface area (Å²) in [5.41, 5.74) is 11.4. The Labute approximate surface area is 205 Å². The van der Waals surface area contributed by atoms with Gasteiger partial charge >= 0.3 is 0 Å². The van der Waals surface area contributed by atoms with Crippen molar-refractivity contribution in [3.8, 4) is 11.1 Å². The molecule has 3 aromatic carbocycles. The molecule has 4 aromatic rings. The molecule has 0 fully saturated rings. The third kappa shape index (κ3) is 4.01. The fraction of sp³-hybridized carbons (Fsp3) is 0.194. The first-order valence-corrected chi connectivity index (χ1v) is 13.1. The van der Waals surface area contributed by atoms with Gasteiger partial charge in [-0.1, -0.05) is 54.6 Å². The molecular formula is C31H28N2S. The fourth-order valence-electron chi connectivity index (χ4n) is 5.58. The number of aliphatic imine (C=N–C) groups is 1. The molecule has 0 spiro atoms. The minimum Gasteiger partial charge on any atom is -0.360 e. The van der Waals surface area contributed by atoms with Gasteiger partial charge in [0.25, 0.3) is 0 Å². The van der Waals surface area contributed by atoms with Gasteiger partial charge in [-0.2, -0.15) is 0 Å². The minimum atomic E-state index is 0.624. The largest absolute Gasteiger partial charge is 0.360 e. The third-order valence-electron chi connectivity index (χ3n) is 7.11. The number of hydrogen-bond donors (Lipinski definition) is 1. The van der Waals surface area contributed by atoms with Gasteiger partial charge in [0, 0.05) is 23.2 Å². The summed E-state index contributed by atoms with van der Waals surface area (Å²) in [6.07, 6.45) is 11.8. The van der Waals surface area contributed by atoms with E-state index < -0.39 is 0 Å². The van der Waals surface area contributed by atoms with Crippen molar-refractivity contribution >= 4 is 28.9 Å². The van der Waals surface area contributed by atoms with E-state index >= 15 is 0 Å². The Morgan fingerprint density at radius 3 is 2.65 bits per heavy atom. The van der Waals surface area contributed by atoms with Crippen molar-refractivity contribution in [3.63, 3.8) is 0 Å². The average Bonchev–Trinajstić information content (AvgIpc) is 3.33. The highest BCUT2D eigenvalue weighted by atomic mass is 32.1. The summed E-state index contributed by atoms with van der Waals surface area (Å²) in [7, 11) is 0. The highest BCUT2D eigenvalue weighted by Gasteiger charge is 2.28. The molecule has 1 unspecified atom stereocenters. The number of allylic oxidation sites excluding steroid dienone is 1. The summed E-state index contributed by atoms with van der Waals surface area (Å²) in [5, 5.41) is 5.35. The zero-order valence-electron chi connectivity index (χ0n) is 19.2. The standard InChI is InChI=1S/C22H20S.C9H8N2/c1-2-7-17-15(5-1)10-13-19-18(17)12-11-16-6-3-8-20(22(16)19)21-9-4-14-23-21;1-2-5-9-8(4-1)10-6-3-7-11-9/h1-2,4-5,7,9,11-12,14,20H,3,6,8,10,13H2;1-7,10H. The molecule has 3 heteroatoms. The normalized spacial score (nSPS) is 17.1. The smallest absolute Gasteiger partial charge is 0.0864 e. The number of fused-ring (bicyclic) bond motifs is 6. The van der Waals surface area contributed by atoms with Gasteiger partial charge in [0.2, 0.25) is 0 Å². The van der Waals surface area contributed by atoms with E-state index in [-0.39, 0.29) is 0 Å². The van der Waals surface area contributed by atoms with Crippen LogP contribution in [0.2, 0.25) is 0 Å². The van der Waals surface area contributed by atoms with Crippen molar-refractivity contribution in [1.82, 2.24) is 0 Å². The van der Waals surface area contributed by atoms with Gasteiger partial charge in [-0.05, 0) is 95.1 Å². The Bertz CT molecular complexity index is 1360. The molecule has 0 saturated carbocycles. The molecule has 7 rings (SSSR count). The van der Waals surface area contributed by atoms with Crippen LogP contribution in [0.4, 0.5) is 11.4 Å². The van der Waals surface area contributed by atoms with Gasteiger partial charge in [0.15, 0.2) is 0 Å². The van der Waals surface area contributed by atoms with Crippen LogP contribution in [0.3, 0.4) is 0 Å². The molecule has 0 bridgehead atoms. The maximum absolute atomic E-state index is 4.21. The van der Waals surface area contributed by atoms with Crippen molar-refractivity contribution in [1.29, 1.82) is 0 Å². The first kappa shape index (κ1) is 21.1. The molecule has 2 nitrogen and oxygen atoms in total. The van der Waals surface area contributed by atoms with Crippen molar-refractivity contribution in [2.75, 3.05) is 5.32 Å². The lowest BCUT2D eigenvalue weighted by atomic mass is 9.73. The van der Waals surface area contributed by atoms with Crippen molar-refractivity contribution < 1.29 is 0 Å². The molecule has 1 aromatic heterocycles. The van der Waals surface area contributed by atoms with Gasteiger partial charge in [-0.25, -0.2) is 0 Å². The molecule has 0 radical (unpaired) electrons. The van der Waals surface area contributed by atoms with E-state index in [0.29, 0.717) is 5.92 Å². The summed E-state index contributed by atoms with van der Waals surface area (Å²) in [5.74, 6) is 0.624. The first-order chi connectivity index (χ1) is 16.9. The number of para-hydroxylation sites is 2. The Morgan fingerprint density at radius 2 is 1.71 bits per heavy atom. The fourth-order valence-corrected chi connectivity index (χ4v) is 6.45. The lowest BCUT2D eigenvalue weighted by molar-refractivity contribution is 0.615. The predicted molar refractivity (Wildman–Crippen MR) is 146 cm³/mol. The Hall–Kier alpha value is -3.43. The highest BCUT2D eigenvalue weighted by Crippen LogP contribution is 2.45. The second kappa shape index (κ2) is 9.44. The van der Waals surface area contributed by atoms with Gasteiger partial charge in [0.1, 0.15) is 0 Å². The van der Waals surface area contributed by atoms with E-state index in [9.17, 15) is 0 Å². The maximum atomic E-state index is 4.21. The number of hydrogen-bond acceptors (Lipinski definition) is 3. The average molecular weight is 461 g/mol. The lowest BCUT2D eigenvalue weighted by Crippen LogP contribution is -2.16. The van der Waals surface area contributed by atoms with Crippen LogP contribution in [0, 0.1) is 0 Å². The number of nitrogens with one attached hydrogen (secondary N) is 1. The molecule has 1 N–H and O–H groups in total. The Morgan fingerprint density at radius 1 is 0.794 bits per heavy atom. The van der Waals surface area contributed by atoms with E-state index in [1.54, 1.807) is 27.8 Å². The van der Waals surface area contributed by atoms with E-state index in [2.05, 4.69) is 64.2 Å². The molecule has 1 atom stereocenters. The molecule has 0 amide bonds. The molecule has 168 valence electrons. The summed E-state index contributed by atoms with van der Waals surface area (Å²) < 4.78 is 0. The number of rotatable bonds is 1. The van der Waals surface area contributed by atoms with E-state index in [1.165, 1.54) is 48.8 Å². The minimum absolute atomic E-state index is 0.624. The predicted octanol–water partition coefficient (Wildman–Crippen LogP) is 8.31. The van der Waals surface area contributed by atoms with Gasteiger partial charge < -0.3 is 5.32 Å². The molecule has 2 heterocycles. The molecule has 3 aliphatic rings. The van der Waals surface area contributed by atoms with Crippen LogP contribution in [0.5, 0.6) is 0 Å². The van der Waals surface area contributed by atoms with Crippen LogP contribution in [-0.2, 0) is 19.3 Å². The number of nitrogens with zero attached hydrogens (tertiary/aromatic N) is 1. The SMILES string of the molecule is C1=CNc2ccccc2N=C1.c1csc(C2CCCc3ccc4c(c32)CCc2ccccc2-4)c1. The first-order valence-electron chi connectivity index (χ1n) is 12.2. The highest BCUT2D eigenvalue weighted by molar-refractivity contribution is 7.10. The summed E-state index contributed by atoms with van der Waals surface area (Å²) in [6, 6.07) is 26.3. The topological polar surface area (TPSA) is 24.4 Å². The number of aryl methyl sites for hydroxylation is 2. The molecule has 0 saturated heterocycles. The van der Waals surface area contributed by atoms with Gasteiger partial charge in [0.05, 0.1) is 11.4 Å². The molecule has 34 heavy (non-hydrogen) atoms. The van der Waals surface area contributed by atoms with Crippen molar-refractivity contribution in [2.24, 2.45) is 4.99 Å². The van der Waals surface area contributed by atoms with E-state index in [0.717, 1.165) is 11.4 Å². The van der Waals surface area contributed by atoms with Crippen LogP contribution in [0.15, 0.2) is 95.4 Å². The van der Waals surface area contributed by atoms with Crippen LogP contribution >= 0.6 is 11.3 Å². The number of anilines is 1. The molecule has 1 aliphatic heterocycles. The monoisotopic (exact) mass is 460 g/mol. The third-order valence-corrected chi connectivity index (χ3v) is 8.10. The van der Waals surface area contributed by atoms with Crippen molar-refractivity contribution in [2.45, 2.75) is 38.0 Å². The van der Waals surface area contributed by atoms with Gasteiger partial charge in [-0.15, -0.1) is 11.3 Å². The van der Waals surface area contributed by atoms with Crippen LogP contribution < -0.4 is 5.32 Å². The number of thiophene rings is 1. The molecule has 2 aliphatic carbocycles. The van der Waals surface area contributed by atoms with Crippen LogP contribution in [0.25, 0.3) is 11.1 Å². The lowest BCUT2D eigenvalue weighted by Gasteiger charge is -2.31. The Kier molecular flexibility index (Phi) is 5.86. The van der Waals surface area contributed by atoms with Crippen molar-refractivity contribution in [3.05, 3.63) is 118 Å². The maximum Gasteiger partial charge on any atom is 0.0864 e. The summed E-state index contributed by atoms with van der Waals surface area (Å²) in [6.45, 7) is 0. The zero-order valence-corrected chi connectivity index (χ0v) is 20.0. The van der Waals surface area contributed by atoms with Crippen LogP contribution in [-0.4, -0.2) is 6.21 Å². The summed E-state index contributed by atoms with van der Waals surface area (Å²) >= 11 is 1.93. The second-order valence-corrected chi connectivity index (χ2v) is 10.1. The Balaban J connectivity index is 0.000000166. The number of benzene rings is 3. The van der Waals surface area contributed by atoms with E-state index in [1.807, 2.05) is 47.9 Å². The quantitative estimate of drug-likeness (QED) is 0.303. The molecular weight excluding hydrogens is 432 g/mol. The van der Waals surface area contributed by atoms with Gasteiger partial charge in [-0.3, -0.25) is 4.99 Å². The summed E-state index contributed by atoms with van der Waals surface area (Å²) in [4.78, 5) is 5.77.